The van der Waals surface area contributed by atoms with Gasteiger partial charge in [-0.2, -0.15) is 18.4 Å². The van der Waals surface area contributed by atoms with Crippen molar-refractivity contribution in [2.75, 3.05) is 32.7 Å². The molecule has 8 nitrogen and oxygen atoms in total. The van der Waals surface area contributed by atoms with E-state index in [0.29, 0.717) is 24.2 Å². The maximum atomic E-state index is 13.3. The van der Waals surface area contributed by atoms with Crippen LogP contribution in [0.25, 0.3) is 11.8 Å². The molecular weight excluding hydrogens is 489 g/mol. The van der Waals surface area contributed by atoms with Crippen LogP contribution in [-0.4, -0.2) is 68.5 Å². The smallest absolute Gasteiger partial charge is 0.417 e. The number of benzene rings is 1. The summed E-state index contributed by atoms with van der Waals surface area (Å²) in [6, 6.07) is 4.50. The topological polar surface area (TPSA) is 113 Å². The molecule has 3 N–H and O–H groups in total. The Morgan fingerprint density at radius 2 is 1.76 bits per heavy atom. The molecule has 1 amide bonds. The fourth-order valence-electron chi connectivity index (χ4n) is 4.44. The van der Waals surface area contributed by atoms with Gasteiger partial charge in [0.25, 0.3) is 0 Å². The summed E-state index contributed by atoms with van der Waals surface area (Å²) in [6.45, 7) is 5.09. The first-order valence-electron chi connectivity index (χ1n) is 12.2. The normalized spacial score (nSPS) is 14.8. The molecule has 1 aromatic carbocycles. The molecule has 0 radical (unpaired) electrons. The number of aromatic nitrogens is 1. The second kappa shape index (κ2) is 12.1. The summed E-state index contributed by atoms with van der Waals surface area (Å²) in [7, 11) is 0. The van der Waals surface area contributed by atoms with Crippen LogP contribution in [0.1, 0.15) is 54.4 Å². The molecule has 1 aliphatic heterocycles. The van der Waals surface area contributed by atoms with Gasteiger partial charge >= 0.3 is 12.3 Å². The molecule has 0 saturated carbocycles. The number of carbonyl (C=O) groups is 1. The number of aromatic hydroxyl groups is 2. The molecule has 0 spiro atoms. The van der Waals surface area contributed by atoms with Crippen LogP contribution in [0.2, 0.25) is 0 Å². The van der Waals surface area contributed by atoms with Crippen LogP contribution in [0.15, 0.2) is 24.3 Å². The molecule has 1 saturated heterocycles. The number of carboxylic acid groups (broad SMARTS) is 1. The molecule has 1 aromatic heterocycles. The number of amides is 1. The Balaban J connectivity index is 1.53. The van der Waals surface area contributed by atoms with Gasteiger partial charge in [-0.3, -0.25) is 9.47 Å². The van der Waals surface area contributed by atoms with Crippen molar-refractivity contribution in [3.8, 4) is 23.5 Å². The van der Waals surface area contributed by atoms with Crippen LogP contribution < -0.4 is 0 Å². The number of piperazine rings is 1. The third-order valence-corrected chi connectivity index (χ3v) is 6.61. The van der Waals surface area contributed by atoms with E-state index in [-0.39, 0.29) is 17.4 Å². The first-order chi connectivity index (χ1) is 17.5. The summed E-state index contributed by atoms with van der Waals surface area (Å²) in [5.41, 5.74) is -1.14. The van der Waals surface area contributed by atoms with E-state index in [1.165, 1.54) is 17.0 Å². The van der Waals surface area contributed by atoms with E-state index in [9.17, 15) is 28.2 Å². The molecular formula is C26H31F3N4O4. The number of unbranched alkanes of at least 4 members (excludes halogenated alkanes) is 4. The Bertz CT molecular complexity index is 1180. The van der Waals surface area contributed by atoms with Crippen molar-refractivity contribution in [2.45, 2.75) is 45.2 Å². The summed E-state index contributed by atoms with van der Waals surface area (Å²) >= 11 is 0. The predicted molar refractivity (Wildman–Crippen MR) is 132 cm³/mol. The number of hydrogen-bond donors (Lipinski definition) is 3. The lowest BCUT2D eigenvalue weighted by Crippen LogP contribution is -2.48. The van der Waals surface area contributed by atoms with E-state index in [4.69, 9.17) is 10.4 Å². The molecule has 37 heavy (non-hydrogen) atoms. The largest absolute Gasteiger partial charge is 0.494 e. The Morgan fingerprint density at radius 1 is 1.08 bits per heavy atom. The van der Waals surface area contributed by atoms with Gasteiger partial charge < -0.3 is 20.2 Å². The fourth-order valence-corrected chi connectivity index (χ4v) is 4.44. The monoisotopic (exact) mass is 520 g/mol. The number of rotatable bonds is 9. The maximum Gasteiger partial charge on any atom is 0.417 e. The molecule has 1 fully saturated rings. The molecule has 0 atom stereocenters. The average Bonchev–Trinajstić information content (AvgIpc) is 3.07. The zero-order chi connectivity index (χ0) is 27.2. The first kappa shape index (κ1) is 27.9. The highest BCUT2D eigenvalue weighted by atomic mass is 19.4. The maximum absolute atomic E-state index is 13.3. The molecule has 0 unspecified atom stereocenters. The summed E-state index contributed by atoms with van der Waals surface area (Å²) in [5, 5.41) is 39.2. The van der Waals surface area contributed by atoms with Gasteiger partial charge in [0.15, 0.2) is 0 Å². The van der Waals surface area contributed by atoms with Crippen LogP contribution in [-0.2, 0) is 6.18 Å². The number of halogens is 3. The minimum atomic E-state index is -4.76. The third-order valence-electron chi connectivity index (χ3n) is 6.61. The summed E-state index contributed by atoms with van der Waals surface area (Å²) in [4.78, 5) is 14.7. The Kier molecular flexibility index (Phi) is 9.10. The highest BCUT2D eigenvalue weighted by Gasteiger charge is 2.34. The zero-order valence-corrected chi connectivity index (χ0v) is 20.6. The Hall–Kier alpha value is -3.65. The molecule has 0 bridgehead atoms. The van der Waals surface area contributed by atoms with Crippen molar-refractivity contribution in [3.63, 3.8) is 0 Å². The first-order valence-corrected chi connectivity index (χ1v) is 12.2. The molecule has 1 aliphatic rings. The lowest BCUT2D eigenvalue weighted by atomic mass is 10.1. The molecule has 2 heterocycles. The number of nitriles is 1. The summed E-state index contributed by atoms with van der Waals surface area (Å²) in [5.74, 6) is -0.758. The summed E-state index contributed by atoms with van der Waals surface area (Å²) < 4.78 is 41.0. The highest BCUT2D eigenvalue weighted by molar-refractivity contribution is 5.66. The van der Waals surface area contributed by atoms with Gasteiger partial charge in [-0.25, -0.2) is 4.79 Å². The van der Waals surface area contributed by atoms with Gasteiger partial charge in [-0.1, -0.05) is 25.0 Å². The van der Waals surface area contributed by atoms with Crippen LogP contribution in [0.4, 0.5) is 18.0 Å². The SMILES string of the molecule is Cc1c(C=CCCCCCCN2CCN(C(=O)O)CC2)c(O)n(-c2ccc(C#N)c(C(F)(F)F)c2)c1O. The Morgan fingerprint density at radius 3 is 2.38 bits per heavy atom. The van der Waals surface area contributed by atoms with Crippen molar-refractivity contribution in [1.82, 2.24) is 14.4 Å². The number of nitrogens with zero attached hydrogens (tertiary/aromatic N) is 4. The van der Waals surface area contributed by atoms with Crippen molar-refractivity contribution < 1.29 is 33.3 Å². The van der Waals surface area contributed by atoms with E-state index < -0.39 is 23.4 Å². The molecule has 2 aromatic rings. The van der Waals surface area contributed by atoms with E-state index in [2.05, 4.69) is 4.90 Å². The average molecular weight is 521 g/mol. The minimum Gasteiger partial charge on any atom is -0.494 e. The van der Waals surface area contributed by atoms with Crippen molar-refractivity contribution in [2.24, 2.45) is 0 Å². The third kappa shape index (κ3) is 6.77. The number of alkyl halides is 3. The Labute approximate surface area is 213 Å². The van der Waals surface area contributed by atoms with Gasteiger partial charge in [0.2, 0.25) is 11.8 Å². The molecule has 200 valence electrons. The molecule has 3 rings (SSSR count). The van der Waals surface area contributed by atoms with Crippen LogP contribution in [0, 0.1) is 18.3 Å². The summed E-state index contributed by atoms with van der Waals surface area (Å²) in [6.07, 6.45) is 2.60. The predicted octanol–water partition coefficient (Wildman–Crippen LogP) is 5.35. The van der Waals surface area contributed by atoms with E-state index in [0.717, 1.165) is 68.4 Å². The highest BCUT2D eigenvalue weighted by Crippen LogP contribution is 2.39. The van der Waals surface area contributed by atoms with Crippen LogP contribution >= 0.6 is 0 Å². The number of allylic oxidation sites excluding steroid dienone is 1. The van der Waals surface area contributed by atoms with E-state index in [1.807, 2.05) is 6.08 Å². The van der Waals surface area contributed by atoms with Gasteiger partial charge in [0.1, 0.15) is 0 Å². The molecule has 11 heteroatoms. The lowest BCUT2D eigenvalue weighted by Gasteiger charge is -2.33. The van der Waals surface area contributed by atoms with Crippen LogP contribution in [0.5, 0.6) is 11.8 Å². The van der Waals surface area contributed by atoms with Crippen molar-refractivity contribution in [3.05, 3.63) is 46.5 Å². The van der Waals surface area contributed by atoms with Gasteiger partial charge in [-0.05, 0) is 50.9 Å². The van der Waals surface area contributed by atoms with E-state index >= 15 is 0 Å². The van der Waals surface area contributed by atoms with Gasteiger partial charge in [0.05, 0.1) is 22.9 Å². The van der Waals surface area contributed by atoms with Crippen LogP contribution in [0.3, 0.4) is 0 Å². The second-order valence-corrected chi connectivity index (χ2v) is 9.08. The van der Waals surface area contributed by atoms with Gasteiger partial charge in [-0.15, -0.1) is 0 Å². The molecule has 0 aliphatic carbocycles. The zero-order valence-electron chi connectivity index (χ0n) is 20.6. The minimum absolute atomic E-state index is 0.103. The fraction of sp³-hybridized carbons (Fsp3) is 0.462. The van der Waals surface area contributed by atoms with Crippen molar-refractivity contribution >= 4 is 12.2 Å². The quantitative estimate of drug-likeness (QED) is 0.385. The van der Waals surface area contributed by atoms with E-state index in [1.54, 1.807) is 13.0 Å². The van der Waals surface area contributed by atoms with Gasteiger partial charge in [0, 0.05) is 37.3 Å². The van der Waals surface area contributed by atoms with Crippen molar-refractivity contribution in [1.29, 1.82) is 5.26 Å². The number of hydrogen-bond acceptors (Lipinski definition) is 5. The second-order valence-electron chi connectivity index (χ2n) is 9.08. The standard InChI is InChI=1S/C26H31F3N4O4/c1-18-21(8-6-4-2-3-5-7-11-31-12-14-32(15-13-31)25(36)37)24(35)33(23(18)34)20-10-9-19(17-30)22(16-20)26(27,28)29/h6,8-10,16,34-35H,2-5,7,11-15H2,1H3,(H,36,37). The lowest BCUT2D eigenvalue weighted by molar-refractivity contribution is -0.137.